The first kappa shape index (κ1) is 11.5. The molecule has 1 aromatic rings. The third-order valence-electron chi connectivity index (χ3n) is 1.93. The Kier molecular flexibility index (Phi) is 2.93. The van der Waals surface area contributed by atoms with Gasteiger partial charge < -0.3 is 0 Å². The second kappa shape index (κ2) is 3.55. The minimum atomic E-state index is -3.34. The third kappa shape index (κ3) is 1.93. The van der Waals surface area contributed by atoms with Gasteiger partial charge in [0.2, 0.25) is 0 Å². The highest BCUT2D eigenvalue weighted by atomic mass is 35.5. The first-order valence-electron chi connectivity index (χ1n) is 4.26. The molecule has 4 heteroatoms. The molecule has 0 fully saturated rings. The molecule has 14 heavy (non-hydrogen) atoms. The second-order valence-corrected chi connectivity index (χ2v) is 7.12. The van der Waals surface area contributed by atoms with Crippen LogP contribution in [0.3, 0.4) is 0 Å². The SMILES string of the molecule is CC(C)(C)S(=O)(=O)c1ccccc1Cl. The van der Waals surface area contributed by atoms with Crippen molar-refractivity contribution < 1.29 is 8.42 Å². The zero-order valence-electron chi connectivity index (χ0n) is 8.41. The molecular formula is C10H13ClO2S. The van der Waals surface area contributed by atoms with Gasteiger partial charge in [-0.05, 0) is 32.9 Å². The van der Waals surface area contributed by atoms with Crippen LogP contribution in [-0.2, 0) is 9.84 Å². The van der Waals surface area contributed by atoms with Crippen LogP contribution in [-0.4, -0.2) is 13.2 Å². The Morgan fingerprint density at radius 2 is 1.64 bits per heavy atom. The van der Waals surface area contributed by atoms with Crippen LogP contribution in [0.25, 0.3) is 0 Å². The van der Waals surface area contributed by atoms with E-state index in [1.54, 1.807) is 39.0 Å². The molecule has 0 atom stereocenters. The lowest BCUT2D eigenvalue weighted by Crippen LogP contribution is -2.28. The average Bonchev–Trinajstić information content (AvgIpc) is 2.02. The zero-order valence-corrected chi connectivity index (χ0v) is 9.98. The van der Waals surface area contributed by atoms with E-state index in [9.17, 15) is 8.42 Å². The van der Waals surface area contributed by atoms with Gasteiger partial charge in [0, 0.05) is 0 Å². The van der Waals surface area contributed by atoms with Crippen LogP contribution in [0.2, 0.25) is 5.02 Å². The molecule has 1 rings (SSSR count). The van der Waals surface area contributed by atoms with E-state index in [2.05, 4.69) is 0 Å². The molecule has 2 nitrogen and oxygen atoms in total. The summed E-state index contributed by atoms with van der Waals surface area (Å²) in [6.07, 6.45) is 0. The zero-order chi connectivity index (χ0) is 11.0. The molecule has 0 aliphatic heterocycles. The van der Waals surface area contributed by atoms with E-state index < -0.39 is 14.6 Å². The molecule has 78 valence electrons. The Morgan fingerprint density at radius 3 is 2.07 bits per heavy atom. The van der Waals surface area contributed by atoms with Crippen LogP contribution in [0, 0.1) is 0 Å². The number of hydrogen-bond donors (Lipinski definition) is 0. The Bertz CT molecular complexity index is 430. The Hall–Kier alpha value is -0.540. The monoisotopic (exact) mass is 232 g/mol. The third-order valence-corrected chi connectivity index (χ3v) is 4.92. The van der Waals surface area contributed by atoms with Crippen molar-refractivity contribution in [3.63, 3.8) is 0 Å². The van der Waals surface area contributed by atoms with Crippen molar-refractivity contribution in [3.05, 3.63) is 29.3 Å². The van der Waals surface area contributed by atoms with Crippen LogP contribution in [0.5, 0.6) is 0 Å². The number of benzene rings is 1. The van der Waals surface area contributed by atoms with Gasteiger partial charge in [-0.1, -0.05) is 23.7 Å². The molecule has 0 spiro atoms. The molecule has 0 aliphatic rings. The smallest absolute Gasteiger partial charge is 0.184 e. The summed E-state index contributed by atoms with van der Waals surface area (Å²) in [6.45, 7) is 4.98. The van der Waals surface area contributed by atoms with Crippen molar-refractivity contribution in [1.29, 1.82) is 0 Å². The Labute approximate surface area is 89.8 Å². The molecule has 0 saturated carbocycles. The topological polar surface area (TPSA) is 34.1 Å². The van der Waals surface area contributed by atoms with Gasteiger partial charge in [-0.25, -0.2) is 8.42 Å². The standard InChI is InChI=1S/C10H13ClO2S/c1-10(2,3)14(12,13)9-7-5-4-6-8(9)11/h4-7H,1-3H3. The first-order chi connectivity index (χ1) is 6.27. The second-order valence-electron chi connectivity index (χ2n) is 4.05. The average molecular weight is 233 g/mol. The fourth-order valence-electron chi connectivity index (χ4n) is 0.993. The normalized spacial score (nSPS) is 12.9. The quantitative estimate of drug-likeness (QED) is 0.746. The molecule has 0 bridgehead atoms. The summed E-state index contributed by atoms with van der Waals surface area (Å²) in [4.78, 5) is 0.203. The van der Waals surface area contributed by atoms with E-state index in [1.807, 2.05) is 0 Å². The predicted molar refractivity (Wildman–Crippen MR) is 58.4 cm³/mol. The predicted octanol–water partition coefficient (Wildman–Crippen LogP) is 2.91. The molecular weight excluding hydrogens is 220 g/mol. The van der Waals surface area contributed by atoms with E-state index >= 15 is 0 Å². The van der Waals surface area contributed by atoms with E-state index in [-0.39, 0.29) is 9.92 Å². The van der Waals surface area contributed by atoms with Crippen molar-refractivity contribution in [2.45, 2.75) is 30.4 Å². The van der Waals surface area contributed by atoms with Crippen LogP contribution in [0.15, 0.2) is 29.2 Å². The molecule has 0 aliphatic carbocycles. The molecule has 0 heterocycles. The molecule has 0 aromatic heterocycles. The van der Waals surface area contributed by atoms with Crippen molar-refractivity contribution in [3.8, 4) is 0 Å². The van der Waals surface area contributed by atoms with Gasteiger partial charge in [-0.2, -0.15) is 0 Å². The van der Waals surface area contributed by atoms with Crippen LogP contribution in [0.1, 0.15) is 20.8 Å². The summed E-state index contributed by atoms with van der Waals surface area (Å²) in [5.74, 6) is 0. The van der Waals surface area contributed by atoms with Crippen molar-refractivity contribution in [1.82, 2.24) is 0 Å². The summed E-state index contributed by atoms with van der Waals surface area (Å²) >= 11 is 5.84. The highest BCUT2D eigenvalue weighted by Gasteiger charge is 2.32. The lowest BCUT2D eigenvalue weighted by atomic mass is 10.3. The molecule has 1 aromatic carbocycles. The molecule has 0 N–H and O–H groups in total. The van der Waals surface area contributed by atoms with Gasteiger partial charge in [0.1, 0.15) is 0 Å². The highest BCUT2D eigenvalue weighted by molar-refractivity contribution is 7.92. The van der Waals surface area contributed by atoms with Gasteiger partial charge >= 0.3 is 0 Å². The van der Waals surface area contributed by atoms with Gasteiger partial charge in [-0.15, -0.1) is 0 Å². The number of sulfone groups is 1. The summed E-state index contributed by atoms with van der Waals surface area (Å²) in [7, 11) is -3.34. The van der Waals surface area contributed by atoms with Crippen molar-refractivity contribution >= 4 is 21.4 Å². The molecule has 0 unspecified atom stereocenters. The lowest BCUT2D eigenvalue weighted by Gasteiger charge is -2.19. The first-order valence-corrected chi connectivity index (χ1v) is 6.12. The summed E-state index contributed by atoms with van der Waals surface area (Å²) in [5, 5.41) is 0.280. The maximum atomic E-state index is 12.0. The largest absolute Gasteiger partial charge is 0.223 e. The molecule has 0 saturated heterocycles. The number of hydrogen-bond acceptors (Lipinski definition) is 2. The fourth-order valence-corrected chi connectivity index (χ4v) is 2.68. The molecule has 0 radical (unpaired) electrons. The fraction of sp³-hybridized carbons (Fsp3) is 0.400. The summed E-state index contributed by atoms with van der Waals surface area (Å²) in [6, 6.07) is 6.50. The van der Waals surface area contributed by atoms with Gasteiger partial charge in [0.15, 0.2) is 9.84 Å². The summed E-state index contributed by atoms with van der Waals surface area (Å²) in [5.41, 5.74) is 0. The van der Waals surface area contributed by atoms with Crippen LogP contribution >= 0.6 is 11.6 Å². The number of rotatable bonds is 1. The Morgan fingerprint density at radius 1 is 1.14 bits per heavy atom. The van der Waals surface area contributed by atoms with Crippen molar-refractivity contribution in [2.24, 2.45) is 0 Å². The van der Waals surface area contributed by atoms with E-state index in [1.165, 1.54) is 6.07 Å². The van der Waals surface area contributed by atoms with E-state index in [0.29, 0.717) is 0 Å². The minimum Gasteiger partial charge on any atom is -0.223 e. The van der Waals surface area contributed by atoms with E-state index in [4.69, 9.17) is 11.6 Å². The van der Waals surface area contributed by atoms with Crippen LogP contribution in [0.4, 0.5) is 0 Å². The van der Waals surface area contributed by atoms with Gasteiger partial charge in [0.25, 0.3) is 0 Å². The van der Waals surface area contributed by atoms with E-state index in [0.717, 1.165) is 0 Å². The lowest BCUT2D eigenvalue weighted by molar-refractivity contribution is 0.560. The maximum absolute atomic E-state index is 12.0. The maximum Gasteiger partial charge on any atom is 0.184 e. The minimum absolute atomic E-state index is 0.203. The summed E-state index contributed by atoms with van der Waals surface area (Å²) < 4.78 is 23.2. The van der Waals surface area contributed by atoms with Gasteiger partial charge in [-0.3, -0.25) is 0 Å². The van der Waals surface area contributed by atoms with Gasteiger partial charge in [0.05, 0.1) is 14.7 Å². The highest BCUT2D eigenvalue weighted by Crippen LogP contribution is 2.29. The van der Waals surface area contributed by atoms with Crippen molar-refractivity contribution in [2.75, 3.05) is 0 Å². The molecule has 0 amide bonds. The Balaban J connectivity index is 3.40. The van der Waals surface area contributed by atoms with Crippen LogP contribution < -0.4 is 0 Å². The number of halogens is 1.